The van der Waals surface area contributed by atoms with Gasteiger partial charge in [-0.05, 0) is 44.1 Å². The molecule has 0 aromatic rings. The summed E-state index contributed by atoms with van der Waals surface area (Å²) in [5, 5.41) is 9.34. The van der Waals surface area contributed by atoms with Gasteiger partial charge in [0.15, 0.2) is 0 Å². The molecule has 0 aliphatic rings. The van der Waals surface area contributed by atoms with E-state index < -0.39 is 0 Å². The highest BCUT2D eigenvalue weighted by atomic mass is 16.2. The molecule has 0 bridgehead atoms. The third-order valence-corrected chi connectivity index (χ3v) is 4.10. The number of allylic oxidation sites excluding steroid dienone is 4. The second-order valence-corrected chi connectivity index (χ2v) is 6.16. The summed E-state index contributed by atoms with van der Waals surface area (Å²) in [4.78, 5) is 0. The van der Waals surface area contributed by atoms with Crippen molar-refractivity contribution >= 4 is 0 Å². The molecule has 0 unspecified atom stereocenters. The first-order chi connectivity index (χ1) is 10.8. The molecule has 1 N–H and O–H groups in total. The molecule has 0 spiro atoms. The van der Waals surface area contributed by atoms with Gasteiger partial charge in [0.25, 0.3) is 0 Å². The number of aliphatic hydroxyl groups excluding tert-OH is 1. The van der Waals surface area contributed by atoms with Crippen molar-refractivity contribution in [3.05, 3.63) is 36.0 Å². The van der Waals surface area contributed by atoms with Gasteiger partial charge in [0, 0.05) is 6.61 Å². The number of aliphatic hydroxyl groups is 1. The smallest absolute Gasteiger partial charge is 0.0471 e. The van der Waals surface area contributed by atoms with Crippen molar-refractivity contribution in [1.29, 1.82) is 0 Å². The average molecular weight is 307 g/mol. The second-order valence-electron chi connectivity index (χ2n) is 6.16. The minimum atomic E-state index is 0.241. The van der Waals surface area contributed by atoms with Crippen LogP contribution in [0.4, 0.5) is 0 Å². The summed E-state index contributed by atoms with van der Waals surface area (Å²) < 4.78 is 0. The zero-order valence-electron chi connectivity index (χ0n) is 15.1. The average Bonchev–Trinajstić information content (AvgIpc) is 2.53. The Morgan fingerprint density at radius 1 is 0.909 bits per heavy atom. The zero-order valence-corrected chi connectivity index (χ0v) is 15.1. The molecule has 128 valence electrons. The van der Waals surface area contributed by atoms with E-state index in [-0.39, 0.29) is 6.61 Å². The van der Waals surface area contributed by atoms with Crippen molar-refractivity contribution in [2.45, 2.75) is 90.9 Å². The Morgan fingerprint density at radius 3 is 2.18 bits per heavy atom. The van der Waals surface area contributed by atoms with Crippen molar-refractivity contribution < 1.29 is 5.11 Å². The Labute approximate surface area is 139 Å². The van der Waals surface area contributed by atoms with Crippen LogP contribution in [0.2, 0.25) is 0 Å². The van der Waals surface area contributed by atoms with Gasteiger partial charge < -0.3 is 5.11 Å². The molecule has 0 saturated heterocycles. The van der Waals surface area contributed by atoms with Crippen molar-refractivity contribution in [1.82, 2.24) is 0 Å². The van der Waals surface area contributed by atoms with Crippen molar-refractivity contribution in [3.8, 4) is 0 Å². The van der Waals surface area contributed by atoms with Gasteiger partial charge in [-0.1, -0.05) is 76.2 Å². The maximum atomic E-state index is 9.34. The van der Waals surface area contributed by atoms with Crippen LogP contribution in [0.15, 0.2) is 36.0 Å². The zero-order chi connectivity index (χ0) is 16.5. The van der Waals surface area contributed by atoms with Gasteiger partial charge in [0.1, 0.15) is 0 Å². The molecular weight excluding hydrogens is 268 g/mol. The lowest BCUT2D eigenvalue weighted by Gasteiger charge is -2.11. The van der Waals surface area contributed by atoms with Gasteiger partial charge in [-0.3, -0.25) is 0 Å². The Hall–Kier alpha value is -0.820. The summed E-state index contributed by atoms with van der Waals surface area (Å²) in [6, 6.07) is 0. The minimum Gasteiger partial charge on any atom is -0.396 e. The third kappa shape index (κ3) is 11.8. The Balaban J connectivity index is 4.53. The first-order valence-corrected chi connectivity index (χ1v) is 9.39. The molecule has 0 saturated carbocycles. The number of hydrogen-bond acceptors (Lipinski definition) is 1. The van der Waals surface area contributed by atoms with Crippen LogP contribution in [0.3, 0.4) is 0 Å². The van der Waals surface area contributed by atoms with E-state index in [4.69, 9.17) is 0 Å². The monoisotopic (exact) mass is 306 g/mol. The molecule has 0 fully saturated rings. The van der Waals surface area contributed by atoms with Gasteiger partial charge in [-0.25, -0.2) is 0 Å². The largest absolute Gasteiger partial charge is 0.396 e. The molecule has 22 heavy (non-hydrogen) atoms. The van der Waals surface area contributed by atoms with Crippen LogP contribution in [0, 0.1) is 0 Å². The van der Waals surface area contributed by atoms with Crippen LogP contribution in [0.5, 0.6) is 0 Å². The number of unbranched alkanes of at least 4 members (excludes halogenated alkanes) is 7. The summed E-state index contributed by atoms with van der Waals surface area (Å²) in [7, 11) is 0. The van der Waals surface area contributed by atoms with Gasteiger partial charge in [-0.15, -0.1) is 6.58 Å². The van der Waals surface area contributed by atoms with Crippen LogP contribution in [0.1, 0.15) is 90.9 Å². The molecule has 0 aromatic carbocycles. The molecule has 0 heterocycles. The van der Waals surface area contributed by atoms with Crippen molar-refractivity contribution in [3.63, 3.8) is 0 Å². The predicted molar refractivity (Wildman–Crippen MR) is 100 cm³/mol. The highest BCUT2D eigenvalue weighted by molar-refractivity contribution is 5.27. The Kier molecular flexibility index (Phi) is 15.9. The van der Waals surface area contributed by atoms with Crippen LogP contribution < -0.4 is 0 Å². The molecule has 0 atom stereocenters. The van der Waals surface area contributed by atoms with Crippen LogP contribution in [-0.4, -0.2) is 11.7 Å². The lowest BCUT2D eigenvalue weighted by atomic mass is 9.96. The fourth-order valence-electron chi connectivity index (χ4n) is 2.75. The quantitative estimate of drug-likeness (QED) is 0.202. The van der Waals surface area contributed by atoms with E-state index in [2.05, 4.69) is 32.6 Å². The Bertz CT molecular complexity index is 312. The third-order valence-electron chi connectivity index (χ3n) is 4.10. The molecule has 0 amide bonds. The maximum Gasteiger partial charge on any atom is 0.0471 e. The topological polar surface area (TPSA) is 20.2 Å². The van der Waals surface area contributed by atoms with Gasteiger partial charge in [0.05, 0.1) is 0 Å². The van der Waals surface area contributed by atoms with Crippen molar-refractivity contribution in [2.75, 3.05) is 6.61 Å². The molecule has 0 aliphatic carbocycles. The molecule has 0 radical (unpaired) electrons. The lowest BCUT2D eigenvalue weighted by Crippen LogP contribution is -1.94. The number of hydrogen-bond donors (Lipinski definition) is 1. The summed E-state index contributed by atoms with van der Waals surface area (Å²) in [5.41, 5.74) is 2.82. The molecular formula is C21H38O. The van der Waals surface area contributed by atoms with E-state index in [1.54, 1.807) is 0 Å². The summed E-state index contributed by atoms with van der Waals surface area (Å²) in [5.74, 6) is 0. The molecule has 0 aromatic heterocycles. The highest BCUT2D eigenvalue weighted by Crippen LogP contribution is 2.22. The lowest BCUT2D eigenvalue weighted by molar-refractivity contribution is 0.300. The summed E-state index contributed by atoms with van der Waals surface area (Å²) in [6.07, 6.45) is 21.0. The molecule has 0 rings (SSSR count). The summed E-state index contributed by atoms with van der Waals surface area (Å²) >= 11 is 0. The minimum absolute atomic E-state index is 0.241. The predicted octanol–water partition coefficient (Wildman–Crippen LogP) is 6.74. The summed E-state index contributed by atoms with van der Waals surface area (Å²) in [6.45, 7) is 8.64. The van der Waals surface area contributed by atoms with E-state index >= 15 is 0 Å². The van der Waals surface area contributed by atoms with Crippen LogP contribution >= 0.6 is 0 Å². The van der Waals surface area contributed by atoms with Gasteiger partial charge >= 0.3 is 0 Å². The SMILES string of the molecule is C=CC/C(CCCCCC)=C(\C=C\CCCCCC)CCO. The van der Waals surface area contributed by atoms with E-state index in [1.807, 2.05) is 6.08 Å². The van der Waals surface area contributed by atoms with Gasteiger partial charge in [-0.2, -0.15) is 0 Å². The molecule has 1 nitrogen and oxygen atoms in total. The number of rotatable bonds is 15. The van der Waals surface area contributed by atoms with E-state index in [0.717, 1.165) is 25.7 Å². The Morgan fingerprint density at radius 2 is 1.59 bits per heavy atom. The van der Waals surface area contributed by atoms with Crippen LogP contribution in [-0.2, 0) is 0 Å². The first-order valence-electron chi connectivity index (χ1n) is 9.39. The van der Waals surface area contributed by atoms with E-state index in [9.17, 15) is 5.11 Å². The van der Waals surface area contributed by atoms with Gasteiger partial charge in [0.2, 0.25) is 0 Å². The van der Waals surface area contributed by atoms with E-state index in [0.29, 0.717) is 0 Å². The molecule has 1 heteroatoms. The highest BCUT2D eigenvalue weighted by Gasteiger charge is 2.03. The standard InChI is InChI=1S/C21H38O/c1-4-7-9-11-12-14-17-21(18-19-22)20(15-6-3)16-13-10-8-5-2/h6,14,17,22H,3-5,7-13,15-16,18-19H2,1-2H3/b17-14+,21-20-. The fraction of sp³-hybridized carbons (Fsp3) is 0.714. The fourth-order valence-corrected chi connectivity index (χ4v) is 2.75. The van der Waals surface area contributed by atoms with Crippen LogP contribution in [0.25, 0.3) is 0 Å². The van der Waals surface area contributed by atoms with Crippen molar-refractivity contribution in [2.24, 2.45) is 0 Å². The molecule has 0 aliphatic heterocycles. The first kappa shape index (κ1) is 21.2. The second kappa shape index (κ2) is 16.5. The normalized spacial score (nSPS) is 12.7. The van der Waals surface area contributed by atoms with E-state index in [1.165, 1.54) is 62.5 Å². The maximum absolute atomic E-state index is 9.34.